The Labute approximate surface area is 166 Å². The van der Waals surface area contributed by atoms with E-state index < -0.39 is 10.0 Å². The number of morpholine rings is 1. The Morgan fingerprint density at radius 3 is 2.52 bits per heavy atom. The van der Waals surface area contributed by atoms with E-state index in [1.807, 2.05) is 12.1 Å². The van der Waals surface area contributed by atoms with Crippen LogP contribution in [0.4, 0.5) is 0 Å². The average Bonchev–Trinajstić information content (AvgIpc) is 2.72. The summed E-state index contributed by atoms with van der Waals surface area (Å²) in [6, 6.07) is 7.01. The number of nitrogens with zero attached hydrogens (tertiary/aromatic N) is 2. The van der Waals surface area contributed by atoms with Crippen LogP contribution in [-0.2, 0) is 26.0 Å². The van der Waals surface area contributed by atoms with Gasteiger partial charge in [-0.05, 0) is 43.4 Å². The van der Waals surface area contributed by atoms with Crippen LogP contribution in [0.1, 0.15) is 24.8 Å². The summed E-state index contributed by atoms with van der Waals surface area (Å²) in [5.74, 6) is 0.371. The molecule has 2 fully saturated rings. The molecule has 1 unspecified atom stereocenters. The summed E-state index contributed by atoms with van der Waals surface area (Å²) in [5.41, 5.74) is 1.08. The van der Waals surface area contributed by atoms with Crippen molar-refractivity contribution in [1.82, 2.24) is 9.21 Å². The summed E-state index contributed by atoms with van der Waals surface area (Å²) >= 11 is 5.71. The summed E-state index contributed by atoms with van der Waals surface area (Å²) in [7, 11) is -3.58. The molecule has 1 aromatic carbocycles. The van der Waals surface area contributed by atoms with Gasteiger partial charge in [-0.15, -0.1) is 11.6 Å². The van der Waals surface area contributed by atoms with Gasteiger partial charge in [0.05, 0.1) is 24.0 Å². The number of carbonyl (C=O) groups excluding carboxylic acids is 1. The lowest BCUT2D eigenvalue weighted by Gasteiger charge is -2.35. The van der Waals surface area contributed by atoms with Crippen molar-refractivity contribution in [2.75, 3.05) is 45.3 Å². The fourth-order valence-electron chi connectivity index (χ4n) is 3.65. The number of rotatable bonds is 6. The highest BCUT2D eigenvalue weighted by Gasteiger charge is 2.35. The Bertz CT molecular complexity index is 733. The van der Waals surface area contributed by atoms with Crippen molar-refractivity contribution in [3.63, 3.8) is 0 Å². The van der Waals surface area contributed by atoms with E-state index in [1.54, 1.807) is 17.0 Å². The molecule has 3 rings (SSSR count). The molecular weight excluding hydrogens is 388 g/mol. The minimum absolute atomic E-state index is 0.0506. The number of ether oxygens (including phenoxy) is 1. The van der Waals surface area contributed by atoms with Crippen LogP contribution in [0.5, 0.6) is 0 Å². The zero-order valence-corrected chi connectivity index (χ0v) is 17.1. The zero-order chi connectivity index (χ0) is 19.3. The number of amides is 1. The maximum Gasteiger partial charge on any atom is 0.243 e. The van der Waals surface area contributed by atoms with Crippen LogP contribution < -0.4 is 0 Å². The molecule has 150 valence electrons. The van der Waals surface area contributed by atoms with Gasteiger partial charge >= 0.3 is 0 Å². The third-order valence-electron chi connectivity index (χ3n) is 5.22. The number of hydrogen-bond acceptors (Lipinski definition) is 4. The Hall–Kier alpha value is -1.15. The Balaban J connectivity index is 1.67. The Morgan fingerprint density at radius 1 is 1.15 bits per heavy atom. The topological polar surface area (TPSA) is 66.9 Å². The predicted octanol–water partition coefficient (Wildman–Crippen LogP) is 2.12. The minimum Gasteiger partial charge on any atom is -0.378 e. The van der Waals surface area contributed by atoms with Crippen molar-refractivity contribution in [3.8, 4) is 0 Å². The highest BCUT2D eigenvalue weighted by atomic mass is 35.5. The maximum atomic E-state index is 13.0. The fourth-order valence-corrected chi connectivity index (χ4v) is 5.31. The van der Waals surface area contributed by atoms with Crippen molar-refractivity contribution in [1.29, 1.82) is 0 Å². The first-order valence-corrected chi connectivity index (χ1v) is 11.5. The second-order valence-electron chi connectivity index (χ2n) is 7.08. The smallest absolute Gasteiger partial charge is 0.243 e. The minimum atomic E-state index is -3.58. The largest absolute Gasteiger partial charge is 0.378 e. The molecule has 0 saturated carbocycles. The van der Waals surface area contributed by atoms with Crippen molar-refractivity contribution >= 4 is 27.5 Å². The van der Waals surface area contributed by atoms with Gasteiger partial charge in [-0.2, -0.15) is 4.31 Å². The van der Waals surface area contributed by atoms with Crippen molar-refractivity contribution in [2.45, 2.75) is 30.6 Å². The molecule has 0 spiro atoms. The van der Waals surface area contributed by atoms with Crippen LogP contribution >= 0.6 is 11.6 Å². The quantitative estimate of drug-likeness (QED) is 0.669. The van der Waals surface area contributed by atoms with Crippen LogP contribution in [-0.4, -0.2) is 68.8 Å². The summed E-state index contributed by atoms with van der Waals surface area (Å²) < 4.78 is 32.8. The molecule has 1 amide bonds. The molecule has 1 aromatic rings. The molecule has 2 saturated heterocycles. The van der Waals surface area contributed by atoms with E-state index >= 15 is 0 Å². The lowest BCUT2D eigenvalue weighted by molar-refractivity contribution is -0.140. The number of benzene rings is 1. The number of aryl methyl sites for hydroxylation is 1. The average molecular weight is 415 g/mol. The predicted molar refractivity (Wildman–Crippen MR) is 104 cm³/mol. The number of halogens is 1. The Kier molecular flexibility index (Phi) is 7.14. The summed E-state index contributed by atoms with van der Waals surface area (Å²) in [5, 5.41) is 0. The number of hydrogen-bond donors (Lipinski definition) is 0. The molecule has 2 aliphatic heterocycles. The van der Waals surface area contributed by atoms with Gasteiger partial charge in [0.25, 0.3) is 0 Å². The molecule has 0 aromatic heterocycles. The second-order valence-corrected chi connectivity index (χ2v) is 9.39. The lowest BCUT2D eigenvalue weighted by Crippen LogP contribution is -2.49. The van der Waals surface area contributed by atoms with E-state index in [2.05, 4.69) is 0 Å². The van der Waals surface area contributed by atoms with Crippen LogP contribution in [0, 0.1) is 5.92 Å². The molecule has 0 N–H and O–H groups in total. The van der Waals surface area contributed by atoms with Gasteiger partial charge in [0.1, 0.15) is 0 Å². The van der Waals surface area contributed by atoms with E-state index in [0.717, 1.165) is 24.8 Å². The summed E-state index contributed by atoms with van der Waals surface area (Å²) in [4.78, 5) is 14.8. The van der Waals surface area contributed by atoms with Gasteiger partial charge < -0.3 is 9.64 Å². The van der Waals surface area contributed by atoms with Gasteiger partial charge in [0, 0.05) is 32.1 Å². The molecule has 0 bridgehead atoms. The van der Waals surface area contributed by atoms with Gasteiger partial charge in [-0.25, -0.2) is 8.42 Å². The molecule has 2 heterocycles. The number of alkyl halides is 1. The molecule has 1 atom stereocenters. The normalized spacial score (nSPS) is 22.0. The first-order chi connectivity index (χ1) is 13.0. The molecule has 6 nitrogen and oxygen atoms in total. The zero-order valence-electron chi connectivity index (χ0n) is 15.5. The third kappa shape index (κ3) is 5.02. The summed E-state index contributed by atoms with van der Waals surface area (Å²) in [6.45, 7) is 3.00. The second kappa shape index (κ2) is 9.37. The van der Waals surface area contributed by atoms with Crippen LogP contribution in [0.15, 0.2) is 29.2 Å². The molecule has 2 aliphatic rings. The lowest BCUT2D eigenvalue weighted by atomic mass is 9.98. The van der Waals surface area contributed by atoms with Gasteiger partial charge in [0.15, 0.2) is 0 Å². The highest BCUT2D eigenvalue weighted by Crippen LogP contribution is 2.25. The van der Waals surface area contributed by atoms with Crippen LogP contribution in [0.25, 0.3) is 0 Å². The van der Waals surface area contributed by atoms with Crippen molar-refractivity contribution < 1.29 is 17.9 Å². The number of piperidine rings is 1. The standard InChI is InChI=1S/C19H27ClN2O4S/c20-9-1-3-16-5-7-18(8-6-16)27(24,25)22-10-2-4-17(15-22)19(23)21-11-13-26-14-12-21/h5-8,17H,1-4,9-15H2. The number of sulfonamides is 1. The van der Waals surface area contributed by atoms with Crippen molar-refractivity contribution in [2.24, 2.45) is 5.92 Å². The highest BCUT2D eigenvalue weighted by molar-refractivity contribution is 7.89. The maximum absolute atomic E-state index is 13.0. The third-order valence-corrected chi connectivity index (χ3v) is 7.36. The van der Waals surface area contributed by atoms with E-state index in [0.29, 0.717) is 45.1 Å². The van der Waals surface area contributed by atoms with E-state index in [9.17, 15) is 13.2 Å². The molecule has 8 heteroatoms. The van der Waals surface area contributed by atoms with Gasteiger partial charge in [-0.1, -0.05) is 12.1 Å². The SMILES string of the molecule is O=C(C1CCCN(S(=O)(=O)c2ccc(CCCCl)cc2)C1)N1CCOCC1. The van der Waals surface area contributed by atoms with Crippen LogP contribution in [0.2, 0.25) is 0 Å². The summed E-state index contributed by atoms with van der Waals surface area (Å²) in [6.07, 6.45) is 3.14. The molecular formula is C19H27ClN2O4S. The molecule has 27 heavy (non-hydrogen) atoms. The van der Waals surface area contributed by atoms with Crippen molar-refractivity contribution in [3.05, 3.63) is 29.8 Å². The number of carbonyl (C=O) groups is 1. The first kappa shape index (κ1) is 20.6. The Morgan fingerprint density at radius 2 is 1.85 bits per heavy atom. The van der Waals surface area contributed by atoms with E-state index in [1.165, 1.54) is 4.31 Å². The first-order valence-electron chi connectivity index (χ1n) is 9.54. The molecule has 0 radical (unpaired) electrons. The van der Waals surface area contributed by atoms with Gasteiger partial charge in [0.2, 0.25) is 15.9 Å². The fraction of sp³-hybridized carbons (Fsp3) is 0.632. The van der Waals surface area contributed by atoms with E-state index in [4.69, 9.17) is 16.3 Å². The monoisotopic (exact) mass is 414 g/mol. The molecule has 0 aliphatic carbocycles. The van der Waals surface area contributed by atoms with Crippen LogP contribution in [0.3, 0.4) is 0 Å². The van der Waals surface area contributed by atoms with E-state index in [-0.39, 0.29) is 23.3 Å². The van der Waals surface area contributed by atoms with Gasteiger partial charge in [-0.3, -0.25) is 4.79 Å².